The smallest absolute Gasteiger partial charge is 0.266 e. The lowest BCUT2D eigenvalue weighted by Crippen LogP contribution is -2.19. The van der Waals surface area contributed by atoms with Crippen LogP contribution in [-0.2, 0) is 0 Å². The number of anilines is 2. The summed E-state index contributed by atoms with van der Waals surface area (Å²) in [4.78, 5) is 33.1. The normalized spacial score (nSPS) is 11.4. The fraction of sp³-hybridized carbons (Fsp3) is 0.267. The van der Waals surface area contributed by atoms with Gasteiger partial charge in [0.1, 0.15) is 10.7 Å². The molecule has 0 saturated heterocycles. The molecule has 0 saturated carbocycles. The maximum atomic E-state index is 15.2. The molecule has 4 rings (SSSR count). The van der Waals surface area contributed by atoms with E-state index in [0.29, 0.717) is 26.2 Å². The molecule has 41 heavy (non-hydrogen) atoms. The molecule has 0 aliphatic carbocycles. The first kappa shape index (κ1) is 31.3. The SMILES string of the molecule is CN(C)CCSc1cc(NC(=O)c2sc3ccccc3c2SCCN(C)C)c(C(=O)Nc2ccc(Cl)cc2)cc1F. The predicted molar refractivity (Wildman–Crippen MR) is 174 cm³/mol. The van der Waals surface area contributed by atoms with Crippen LogP contribution in [0.25, 0.3) is 10.1 Å². The maximum absolute atomic E-state index is 15.2. The Bertz CT molecular complexity index is 1530. The number of amides is 2. The fourth-order valence-electron chi connectivity index (χ4n) is 3.85. The van der Waals surface area contributed by atoms with Gasteiger partial charge in [0.2, 0.25) is 0 Å². The van der Waals surface area contributed by atoms with Crippen molar-refractivity contribution in [3.05, 3.63) is 81.9 Å². The highest BCUT2D eigenvalue weighted by atomic mass is 35.5. The quantitative estimate of drug-likeness (QED) is 0.158. The summed E-state index contributed by atoms with van der Waals surface area (Å²) in [7, 11) is 7.93. The summed E-state index contributed by atoms with van der Waals surface area (Å²) < 4.78 is 16.2. The number of halogens is 2. The summed E-state index contributed by atoms with van der Waals surface area (Å²) in [6.45, 7) is 1.61. The Labute approximate surface area is 257 Å². The van der Waals surface area contributed by atoms with Crippen molar-refractivity contribution in [2.75, 3.05) is 63.4 Å². The van der Waals surface area contributed by atoms with E-state index < -0.39 is 11.7 Å². The van der Waals surface area contributed by atoms with Gasteiger partial charge in [-0.25, -0.2) is 4.39 Å². The molecule has 4 aromatic rings. The van der Waals surface area contributed by atoms with Crippen molar-refractivity contribution in [3.8, 4) is 0 Å². The molecule has 0 aliphatic heterocycles. The third kappa shape index (κ3) is 8.47. The van der Waals surface area contributed by atoms with Crippen LogP contribution in [0.2, 0.25) is 5.02 Å². The molecule has 216 valence electrons. The van der Waals surface area contributed by atoms with Crippen LogP contribution < -0.4 is 10.6 Å². The van der Waals surface area contributed by atoms with Crippen LogP contribution in [0.1, 0.15) is 20.0 Å². The van der Waals surface area contributed by atoms with Crippen LogP contribution in [0.4, 0.5) is 15.8 Å². The zero-order valence-electron chi connectivity index (χ0n) is 23.3. The summed E-state index contributed by atoms with van der Waals surface area (Å²) in [5.74, 6) is 0.0655. The lowest BCUT2D eigenvalue weighted by molar-refractivity contribution is 0.102. The largest absolute Gasteiger partial charge is 0.322 e. The Kier molecular flexibility index (Phi) is 11.1. The molecule has 6 nitrogen and oxygen atoms in total. The van der Waals surface area contributed by atoms with E-state index in [4.69, 9.17) is 11.6 Å². The summed E-state index contributed by atoms with van der Waals surface area (Å²) >= 11 is 10.4. The lowest BCUT2D eigenvalue weighted by Gasteiger charge is -2.15. The topological polar surface area (TPSA) is 64.7 Å². The number of rotatable bonds is 12. The number of hydrogen-bond donors (Lipinski definition) is 2. The van der Waals surface area contributed by atoms with E-state index in [1.165, 1.54) is 29.2 Å². The molecule has 3 aromatic carbocycles. The van der Waals surface area contributed by atoms with E-state index in [0.717, 1.165) is 33.8 Å². The number of carbonyl (C=O) groups is 2. The first-order valence-corrected chi connectivity index (χ1v) is 16.1. The van der Waals surface area contributed by atoms with E-state index in [-0.39, 0.29) is 17.2 Å². The molecule has 0 unspecified atom stereocenters. The number of carbonyl (C=O) groups excluding carboxylic acids is 2. The number of thioether (sulfide) groups is 2. The van der Waals surface area contributed by atoms with Gasteiger partial charge in [0.15, 0.2) is 0 Å². The van der Waals surface area contributed by atoms with Gasteiger partial charge in [-0.2, -0.15) is 0 Å². The molecule has 0 aliphatic rings. The number of fused-ring (bicyclic) bond motifs is 1. The Hall–Kier alpha value is -2.60. The molecule has 0 spiro atoms. The van der Waals surface area contributed by atoms with Gasteiger partial charge < -0.3 is 20.4 Å². The van der Waals surface area contributed by atoms with E-state index in [2.05, 4.69) is 15.5 Å². The minimum Gasteiger partial charge on any atom is -0.322 e. The van der Waals surface area contributed by atoms with Crippen molar-refractivity contribution in [1.82, 2.24) is 9.80 Å². The second kappa shape index (κ2) is 14.5. The Morgan fingerprint density at radius 3 is 2.22 bits per heavy atom. The van der Waals surface area contributed by atoms with Crippen LogP contribution in [0.15, 0.2) is 70.5 Å². The van der Waals surface area contributed by atoms with Crippen molar-refractivity contribution in [1.29, 1.82) is 0 Å². The lowest BCUT2D eigenvalue weighted by atomic mass is 10.1. The minimum absolute atomic E-state index is 0.0330. The van der Waals surface area contributed by atoms with Gasteiger partial charge >= 0.3 is 0 Å². The van der Waals surface area contributed by atoms with E-state index in [1.807, 2.05) is 57.4 Å². The maximum Gasteiger partial charge on any atom is 0.266 e. The Morgan fingerprint density at radius 1 is 0.878 bits per heavy atom. The van der Waals surface area contributed by atoms with Gasteiger partial charge in [-0.1, -0.05) is 29.8 Å². The molecule has 0 radical (unpaired) electrons. The summed E-state index contributed by atoms with van der Waals surface area (Å²) in [5, 5.41) is 7.28. The third-order valence-electron chi connectivity index (χ3n) is 6.00. The number of nitrogens with zero attached hydrogens (tertiary/aromatic N) is 2. The first-order chi connectivity index (χ1) is 19.6. The molecule has 0 bridgehead atoms. The zero-order valence-corrected chi connectivity index (χ0v) is 26.5. The summed E-state index contributed by atoms with van der Waals surface area (Å²) in [5.41, 5.74) is 0.785. The monoisotopic (exact) mass is 630 g/mol. The van der Waals surface area contributed by atoms with Crippen molar-refractivity contribution < 1.29 is 14.0 Å². The van der Waals surface area contributed by atoms with Crippen LogP contribution in [0.3, 0.4) is 0 Å². The van der Waals surface area contributed by atoms with Crippen molar-refractivity contribution in [2.24, 2.45) is 0 Å². The predicted octanol–water partition coefficient (Wildman–Crippen LogP) is 7.51. The number of thiophene rings is 1. The highest BCUT2D eigenvalue weighted by molar-refractivity contribution is 7.99. The highest BCUT2D eigenvalue weighted by Crippen LogP contribution is 2.39. The fourth-order valence-corrected chi connectivity index (χ4v) is 7.63. The summed E-state index contributed by atoms with van der Waals surface area (Å²) in [6, 6.07) is 17.3. The van der Waals surface area contributed by atoms with Crippen molar-refractivity contribution in [3.63, 3.8) is 0 Å². The third-order valence-corrected chi connectivity index (χ3v) is 9.66. The van der Waals surface area contributed by atoms with Crippen molar-refractivity contribution in [2.45, 2.75) is 9.79 Å². The number of hydrogen-bond acceptors (Lipinski definition) is 7. The Balaban J connectivity index is 1.68. The van der Waals surface area contributed by atoms with Gasteiger partial charge in [-0.15, -0.1) is 34.9 Å². The summed E-state index contributed by atoms with van der Waals surface area (Å²) in [6.07, 6.45) is 0. The highest BCUT2D eigenvalue weighted by Gasteiger charge is 2.23. The molecular weight excluding hydrogens is 599 g/mol. The van der Waals surface area contributed by atoms with Gasteiger partial charge in [-0.3, -0.25) is 9.59 Å². The van der Waals surface area contributed by atoms with Crippen LogP contribution in [0, 0.1) is 5.82 Å². The van der Waals surface area contributed by atoms with Crippen molar-refractivity contribution >= 4 is 79.7 Å². The van der Waals surface area contributed by atoms with Crippen LogP contribution >= 0.6 is 46.5 Å². The van der Waals surface area contributed by atoms with Crippen LogP contribution in [-0.4, -0.2) is 74.4 Å². The second-order valence-electron chi connectivity index (χ2n) is 9.80. The van der Waals surface area contributed by atoms with Gasteiger partial charge in [0, 0.05) is 55.2 Å². The zero-order chi connectivity index (χ0) is 29.5. The molecule has 2 amide bonds. The second-order valence-corrected chi connectivity index (χ2v) is 13.5. The van der Waals surface area contributed by atoms with E-state index in [9.17, 15) is 9.59 Å². The van der Waals surface area contributed by atoms with Gasteiger partial charge in [0.25, 0.3) is 11.8 Å². The molecule has 0 fully saturated rings. The molecule has 1 aromatic heterocycles. The average Bonchev–Trinajstić information content (AvgIpc) is 3.30. The van der Waals surface area contributed by atoms with E-state index >= 15 is 4.39 Å². The average molecular weight is 631 g/mol. The molecule has 11 heteroatoms. The van der Waals surface area contributed by atoms with Crippen LogP contribution in [0.5, 0.6) is 0 Å². The van der Waals surface area contributed by atoms with Gasteiger partial charge in [0.05, 0.1) is 11.3 Å². The van der Waals surface area contributed by atoms with Gasteiger partial charge in [-0.05, 0) is 70.7 Å². The minimum atomic E-state index is -0.539. The number of nitrogens with one attached hydrogen (secondary N) is 2. The standard InChI is InChI=1S/C30H32ClFN4O2S3/c1-35(2)13-15-39-26-18-24(22(17-23(26)32)29(37)33-20-11-9-19(31)10-12-20)34-30(38)28-27(40-16-14-36(3)4)21-7-5-6-8-25(21)41-28/h5-12,17-18H,13-16H2,1-4H3,(H,33,37)(H,34,38). The van der Waals surface area contributed by atoms with E-state index in [1.54, 1.807) is 42.1 Å². The molecule has 1 heterocycles. The molecule has 0 atom stereocenters. The Morgan fingerprint density at radius 2 is 1.54 bits per heavy atom. The number of benzene rings is 3. The molecular formula is C30H32ClFN4O2S3. The molecule has 2 N–H and O–H groups in total. The first-order valence-electron chi connectivity index (χ1n) is 12.9.